The molecule has 0 atom stereocenters. The monoisotopic (exact) mass is 852 g/mol. The molecule has 0 spiro atoms. The number of halogens is 2. The fourth-order valence-electron chi connectivity index (χ4n) is 7.11. The summed E-state index contributed by atoms with van der Waals surface area (Å²) in [6, 6.07) is 27.8. The smallest absolute Gasteiger partial charge is 0.321 e. The van der Waals surface area contributed by atoms with Gasteiger partial charge in [0.15, 0.2) is 0 Å². The molecule has 8 aromatic rings. The molecule has 0 bridgehead atoms. The number of Topliss-reactive ketones (excluding diaryl/α,β-unsaturated/α-hetero) is 2. The Labute approximate surface area is 358 Å². The number of hydrogen-bond acceptors (Lipinski definition) is 10. The van der Waals surface area contributed by atoms with Crippen molar-refractivity contribution in [1.29, 1.82) is 0 Å². The normalized spacial score (nSPS) is 11.1. The van der Waals surface area contributed by atoms with Crippen molar-refractivity contribution >= 4 is 80.3 Å². The maximum Gasteiger partial charge on any atom is 0.321 e. The van der Waals surface area contributed by atoms with Crippen LogP contribution < -0.4 is 19.5 Å². The highest BCUT2D eigenvalue weighted by Gasteiger charge is 2.41. The number of anilines is 2. The molecule has 0 fully saturated rings. The van der Waals surface area contributed by atoms with Gasteiger partial charge in [0.05, 0.1) is 25.3 Å². The first-order chi connectivity index (χ1) is 29.6. The lowest BCUT2D eigenvalue weighted by molar-refractivity contribution is -0.119. The average molecular weight is 854 g/mol. The molecule has 0 aliphatic carbocycles. The minimum atomic E-state index is -1.28. The average Bonchev–Trinajstić information content (AvgIpc) is 3.78. The fourth-order valence-corrected chi connectivity index (χ4v) is 7.36. The van der Waals surface area contributed by atoms with Crippen LogP contribution in [0.1, 0.15) is 37.5 Å². The number of amides is 2. The number of fused-ring (bicyclic) bond motifs is 2. The second-order valence-electron chi connectivity index (χ2n) is 13.7. The van der Waals surface area contributed by atoms with Crippen molar-refractivity contribution in [3.63, 3.8) is 0 Å². The summed E-state index contributed by atoms with van der Waals surface area (Å²) in [4.78, 5) is 76.8. The van der Waals surface area contributed by atoms with Gasteiger partial charge < -0.3 is 18.6 Å². The number of carbonyl (C=O) groups excluding carboxylic acids is 4. The molecule has 0 radical (unpaired) electrons. The molecule has 0 aliphatic rings. The van der Waals surface area contributed by atoms with Crippen molar-refractivity contribution < 1.29 is 28.7 Å². The molecule has 4 aromatic carbocycles. The number of aromatic nitrogens is 6. The number of rotatable bonds is 12. The van der Waals surface area contributed by atoms with Gasteiger partial charge in [-0.2, -0.15) is 10.0 Å². The van der Waals surface area contributed by atoms with E-state index in [2.05, 4.69) is 19.9 Å². The van der Waals surface area contributed by atoms with Gasteiger partial charge in [0.25, 0.3) is 23.5 Å². The van der Waals surface area contributed by atoms with Crippen LogP contribution in [0.25, 0.3) is 21.8 Å². The van der Waals surface area contributed by atoms with Crippen molar-refractivity contribution in [2.75, 3.05) is 24.2 Å². The first-order valence-electron chi connectivity index (χ1n) is 18.7. The Hall–Kier alpha value is -7.42. The predicted molar refractivity (Wildman–Crippen MR) is 231 cm³/mol. The lowest BCUT2D eigenvalue weighted by Gasteiger charge is -2.30. The Kier molecular flexibility index (Phi) is 11.3. The van der Waals surface area contributed by atoms with E-state index in [-0.39, 0.29) is 11.1 Å². The van der Waals surface area contributed by atoms with Gasteiger partial charge in [0, 0.05) is 81.6 Å². The molecular weight excluding hydrogens is 819 g/mol. The van der Waals surface area contributed by atoms with Gasteiger partial charge in [-0.15, -0.1) is 0 Å². The van der Waals surface area contributed by atoms with E-state index < -0.39 is 35.3 Å². The summed E-state index contributed by atoms with van der Waals surface area (Å²) in [7, 11) is 2.98. The van der Waals surface area contributed by atoms with Crippen LogP contribution in [0.5, 0.6) is 11.5 Å². The summed E-state index contributed by atoms with van der Waals surface area (Å²) >= 11 is 12.3. The van der Waals surface area contributed by atoms with Gasteiger partial charge in [-0.25, -0.2) is 19.9 Å². The van der Waals surface area contributed by atoms with Gasteiger partial charge in [0.1, 0.15) is 11.5 Å². The highest BCUT2D eigenvalue weighted by Crippen LogP contribution is 2.33. The molecule has 4 aromatic heterocycles. The van der Waals surface area contributed by atoms with Crippen molar-refractivity contribution in [3.05, 3.63) is 166 Å². The molecule has 61 heavy (non-hydrogen) atoms. The number of ketones is 2. The van der Waals surface area contributed by atoms with Crippen LogP contribution in [-0.2, 0) is 22.7 Å². The standard InChI is InChI=1S/C45H34Cl2N8O6/c1-27-39(35-23-33(61-3)15-17-38(35)53(27)25-29-8-12-31(47)13-9-29)41(57)43(59)55(45-50-20-5-21-51-45)54(44-48-18-4-19-49-44)42(58)40(56)36-26-52(24-28-6-10-30(46)11-7-28)37-16-14-32(60-2)22-34(36)37/h4-23,26H,24-25H2,1-3H3. The van der Waals surface area contributed by atoms with Gasteiger partial charge in [0.2, 0.25) is 0 Å². The maximum atomic E-state index is 15.1. The van der Waals surface area contributed by atoms with E-state index in [1.54, 1.807) is 73.8 Å². The molecule has 0 N–H and O–H groups in total. The number of methoxy groups -OCH3 is 2. The quantitative estimate of drug-likeness (QED) is 0.0672. The Balaban J connectivity index is 1.26. The molecular formula is C45H34Cl2N8O6. The molecule has 304 valence electrons. The SMILES string of the molecule is COc1ccc2c(c1)c(C(=O)C(=O)N(c1ncccn1)N(C(=O)C(=O)c1c(C)n(Cc3ccc(Cl)cc3)c3ccc(OC)cc13)c1ncccn1)cn2Cc1ccc(Cl)cc1. The Morgan fingerprint density at radius 3 is 1.61 bits per heavy atom. The van der Waals surface area contributed by atoms with Gasteiger partial charge in [-0.3, -0.25) is 19.2 Å². The molecule has 0 saturated carbocycles. The van der Waals surface area contributed by atoms with E-state index in [4.69, 9.17) is 32.7 Å². The lowest BCUT2D eigenvalue weighted by atomic mass is 10.1. The van der Waals surface area contributed by atoms with Gasteiger partial charge >= 0.3 is 11.8 Å². The summed E-state index contributed by atoms with van der Waals surface area (Å²) in [5, 5.41) is 3.19. The molecule has 14 nitrogen and oxygen atoms in total. The van der Waals surface area contributed by atoms with Crippen LogP contribution in [0, 0.1) is 6.92 Å². The second-order valence-corrected chi connectivity index (χ2v) is 14.6. The van der Waals surface area contributed by atoms with Crippen molar-refractivity contribution in [2.24, 2.45) is 0 Å². The van der Waals surface area contributed by atoms with E-state index in [9.17, 15) is 14.4 Å². The third-order valence-electron chi connectivity index (χ3n) is 10.1. The fraction of sp³-hybridized carbons (Fsp3) is 0.111. The van der Waals surface area contributed by atoms with E-state index in [1.165, 1.54) is 51.1 Å². The zero-order chi connectivity index (χ0) is 42.8. The van der Waals surface area contributed by atoms with E-state index >= 15 is 4.79 Å². The molecule has 0 aliphatic heterocycles. The number of nitrogens with zero attached hydrogens (tertiary/aromatic N) is 8. The zero-order valence-corrected chi connectivity index (χ0v) is 34.3. The molecule has 2 amide bonds. The molecule has 16 heteroatoms. The van der Waals surface area contributed by atoms with Crippen LogP contribution >= 0.6 is 23.2 Å². The first-order valence-corrected chi connectivity index (χ1v) is 19.5. The van der Waals surface area contributed by atoms with Gasteiger partial charge in [-0.05, 0) is 90.8 Å². The highest BCUT2D eigenvalue weighted by molar-refractivity contribution is 6.54. The number of hydrogen-bond donors (Lipinski definition) is 0. The van der Waals surface area contributed by atoms with Crippen molar-refractivity contribution in [1.82, 2.24) is 29.1 Å². The maximum absolute atomic E-state index is 15.1. The van der Waals surface area contributed by atoms with Crippen molar-refractivity contribution in [2.45, 2.75) is 20.0 Å². The highest BCUT2D eigenvalue weighted by atomic mass is 35.5. The minimum absolute atomic E-state index is 0.0188. The largest absolute Gasteiger partial charge is 0.497 e. The Bertz CT molecular complexity index is 2960. The summed E-state index contributed by atoms with van der Waals surface area (Å²) in [5.74, 6) is -4.58. The first kappa shape index (κ1) is 40.4. The molecule has 8 rings (SSSR count). The number of benzene rings is 4. The predicted octanol–water partition coefficient (Wildman–Crippen LogP) is 7.95. The lowest BCUT2D eigenvalue weighted by Crippen LogP contribution is -2.56. The van der Waals surface area contributed by atoms with Crippen LogP contribution in [0.2, 0.25) is 10.0 Å². The summed E-state index contributed by atoms with van der Waals surface area (Å²) in [6.07, 6.45) is 6.86. The number of ether oxygens (including phenoxy) is 2. The van der Waals surface area contributed by atoms with E-state index in [0.717, 1.165) is 11.1 Å². The second kappa shape index (κ2) is 17.0. The summed E-state index contributed by atoms with van der Waals surface area (Å²) in [5.41, 5.74) is 3.46. The Morgan fingerprint density at radius 2 is 1.08 bits per heavy atom. The van der Waals surface area contributed by atoms with Crippen LogP contribution in [0.3, 0.4) is 0 Å². The Morgan fingerprint density at radius 1 is 0.607 bits per heavy atom. The summed E-state index contributed by atoms with van der Waals surface area (Å²) in [6.45, 7) is 2.36. The minimum Gasteiger partial charge on any atom is -0.497 e. The van der Waals surface area contributed by atoms with Crippen LogP contribution in [0.15, 0.2) is 128 Å². The molecule has 0 saturated heterocycles. The van der Waals surface area contributed by atoms with Gasteiger partial charge in [-0.1, -0.05) is 47.5 Å². The van der Waals surface area contributed by atoms with Crippen molar-refractivity contribution in [3.8, 4) is 11.5 Å². The summed E-state index contributed by atoms with van der Waals surface area (Å²) < 4.78 is 14.7. The molecule has 4 heterocycles. The third-order valence-corrected chi connectivity index (χ3v) is 10.6. The van der Waals surface area contributed by atoms with Crippen LogP contribution in [0.4, 0.5) is 11.9 Å². The molecule has 0 unspecified atom stereocenters. The number of carbonyl (C=O) groups is 4. The van der Waals surface area contributed by atoms with E-state index in [0.29, 0.717) is 72.2 Å². The zero-order valence-electron chi connectivity index (χ0n) is 32.8. The number of hydrazine groups is 1. The topological polar surface area (TPSA) is 155 Å². The van der Waals surface area contributed by atoms with Crippen LogP contribution in [-0.4, -0.2) is 66.7 Å². The third kappa shape index (κ3) is 7.89. The van der Waals surface area contributed by atoms with E-state index in [1.807, 2.05) is 33.4 Å².